The highest BCUT2D eigenvalue weighted by molar-refractivity contribution is 6.30. The molecule has 2 heterocycles. The van der Waals surface area contributed by atoms with Gasteiger partial charge in [0, 0.05) is 18.1 Å². The fraction of sp³-hybridized carbons (Fsp3) is 0.444. The lowest BCUT2D eigenvalue weighted by Crippen LogP contribution is -2.46. The van der Waals surface area contributed by atoms with Crippen LogP contribution in [-0.2, 0) is 6.18 Å². The Bertz CT molecular complexity index is 829. The molecule has 28 heavy (non-hydrogen) atoms. The number of rotatable bonds is 3. The number of likely N-dealkylation sites (tertiary alicyclic amines) is 1. The molecule has 0 radical (unpaired) electrons. The topological polar surface area (TPSA) is 53.4 Å². The molecule has 1 aromatic carbocycles. The maximum absolute atomic E-state index is 13.7. The molecule has 1 aliphatic heterocycles. The van der Waals surface area contributed by atoms with Crippen molar-refractivity contribution in [2.45, 2.75) is 25.1 Å². The van der Waals surface area contributed by atoms with Gasteiger partial charge in [-0.25, -0.2) is 9.48 Å². The molecule has 1 saturated heterocycles. The lowest BCUT2D eigenvalue weighted by Gasteiger charge is -2.35. The highest BCUT2D eigenvalue weighted by Gasteiger charge is 2.39. The second kappa shape index (κ2) is 8.00. The molecule has 0 saturated carbocycles. The smallest absolute Gasteiger partial charge is 0.325 e. The van der Waals surface area contributed by atoms with E-state index in [1.165, 1.54) is 29.2 Å². The van der Waals surface area contributed by atoms with Gasteiger partial charge in [-0.15, -0.1) is 0 Å². The van der Waals surface area contributed by atoms with Crippen LogP contribution in [0.5, 0.6) is 0 Å². The number of nitrogens with zero attached hydrogens (tertiary/aromatic N) is 4. The number of amides is 2. The normalized spacial score (nSPS) is 16.2. The molecule has 2 aromatic rings. The van der Waals surface area contributed by atoms with Crippen LogP contribution < -0.4 is 5.32 Å². The zero-order valence-electron chi connectivity index (χ0n) is 15.5. The molecule has 2 amide bonds. The van der Waals surface area contributed by atoms with Crippen LogP contribution in [0.2, 0.25) is 5.02 Å². The summed E-state index contributed by atoms with van der Waals surface area (Å²) in [5, 5.41) is 6.60. The molecule has 3 rings (SSSR count). The molecule has 1 fully saturated rings. The maximum atomic E-state index is 13.7. The third-order valence-corrected chi connectivity index (χ3v) is 5.16. The van der Waals surface area contributed by atoms with Gasteiger partial charge in [-0.1, -0.05) is 11.6 Å². The van der Waals surface area contributed by atoms with E-state index in [2.05, 4.69) is 15.3 Å². The van der Waals surface area contributed by atoms with Crippen LogP contribution in [0.15, 0.2) is 30.5 Å². The van der Waals surface area contributed by atoms with Crippen LogP contribution in [0, 0.1) is 0 Å². The van der Waals surface area contributed by atoms with E-state index in [1.54, 1.807) is 7.05 Å². The molecule has 1 N–H and O–H groups in total. The number of benzene rings is 1. The number of nitrogens with one attached hydrogen (secondary N) is 1. The zero-order chi connectivity index (χ0) is 20.5. The van der Waals surface area contributed by atoms with Gasteiger partial charge in [0.1, 0.15) is 0 Å². The number of halogens is 4. The first-order valence-electron chi connectivity index (χ1n) is 8.80. The first-order chi connectivity index (χ1) is 13.2. The lowest BCUT2D eigenvalue weighted by atomic mass is 10.0. The first kappa shape index (κ1) is 20.5. The number of hydrogen-bond acceptors (Lipinski definition) is 3. The molecule has 0 bridgehead atoms. The van der Waals surface area contributed by atoms with E-state index in [9.17, 15) is 18.0 Å². The quantitative estimate of drug-likeness (QED) is 0.821. The number of anilines is 1. The van der Waals surface area contributed by atoms with Crippen molar-refractivity contribution in [3.05, 3.63) is 41.2 Å². The van der Waals surface area contributed by atoms with E-state index in [4.69, 9.17) is 11.6 Å². The number of carbonyl (C=O) groups is 1. The molecule has 1 aliphatic rings. The van der Waals surface area contributed by atoms with E-state index in [0.717, 1.165) is 36.8 Å². The van der Waals surface area contributed by atoms with Crippen LogP contribution in [0.1, 0.15) is 18.5 Å². The molecule has 0 atom stereocenters. The molecule has 0 spiro atoms. The van der Waals surface area contributed by atoms with Gasteiger partial charge < -0.3 is 15.1 Å². The molecule has 0 unspecified atom stereocenters. The number of carbonyl (C=O) groups excluding carboxylic acids is 1. The molecular weight excluding hydrogens is 395 g/mol. The molecule has 1 aromatic heterocycles. The minimum absolute atomic E-state index is 0.0168. The third-order valence-electron chi connectivity index (χ3n) is 4.91. The van der Waals surface area contributed by atoms with Crippen molar-refractivity contribution < 1.29 is 18.0 Å². The number of aromatic nitrogens is 2. The number of urea groups is 1. The van der Waals surface area contributed by atoms with Gasteiger partial charge in [0.05, 0.1) is 17.6 Å². The third kappa shape index (κ3) is 4.41. The Kier molecular flexibility index (Phi) is 5.85. The standard InChI is InChI=1S/C18H21ClF3N5O/c1-25-9-7-13(8-10-25)26(2)17(28)24-15-11-23-27(16(15)18(20,21)22)14-5-3-12(19)4-6-14/h3-6,11,13H,7-10H2,1-2H3,(H,24,28). The largest absolute Gasteiger partial charge is 0.435 e. The Hall–Kier alpha value is -2.26. The summed E-state index contributed by atoms with van der Waals surface area (Å²) in [6.45, 7) is 1.68. The van der Waals surface area contributed by atoms with E-state index < -0.39 is 17.9 Å². The van der Waals surface area contributed by atoms with Crippen molar-refractivity contribution in [2.75, 3.05) is 32.5 Å². The lowest BCUT2D eigenvalue weighted by molar-refractivity contribution is -0.142. The van der Waals surface area contributed by atoms with Gasteiger partial charge in [0.2, 0.25) is 0 Å². The van der Waals surface area contributed by atoms with Crippen molar-refractivity contribution in [3.63, 3.8) is 0 Å². The van der Waals surface area contributed by atoms with E-state index in [1.807, 2.05) is 7.05 Å². The monoisotopic (exact) mass is 415 g/mol. The Balaban J connectivity index is 1.83. The van der Waals surface area contributed by atoms with E-state index in [0.29, 0.717) is 5.02 Å². The summed E-state index contributed by atoms with van der Waals surface area (Å²) in [6.07, 6.45) is -2.14. The highest BCUT2D eigenvalue weighted by Crippen LogP contribution is 2.36. The van der Waals surface area contributed by atoms with Crippen LogP contribution in [0.3, 0.4) is 0 Å². The minimum atomic E-state index is -4.70. The second-order valence-corrected chi connectivity index (χ2v) is 7.30. The van der Waals surface area contributed by atoms with Gasteiger partial charge in [0.25, 0.3) is 0 Å². The molecular formula is C18H21ClF3N5O. The minimum Gasteiger partial charge on any atom is -0.325 e. The molecule has 0 aliphatic carbocycles. The van der Waals surface area contributed by atoms with E-state index in [-0.39, 0.29) is 17.4 Å². The summed E-state index contributed by atoms with van der Waals surface area (Å²) in [5.41, 5.74) is -1.23. The average molecular weight is 416 g/mol. The molecule has 152 valence electrons. The van der Waals surface area contributed by atoms with E-state index >= 15 is 0 Å². The summed E-state index contributed by atoms with van der Waals surface area (Å²) in [6, 6.07) is 5.21. The molecule has 6 nitrogen and oxygen atoms in total. The van der Waals surface area contributed by atoms with Crippen LogP contribution in [0.4, 0.5) is 23.7 Å². The van der Waals surface area contributed by atoms with Gasteiger partial charge in [0.15, 0.2) is 5.69 Å². The Morgan fingerprint density at radius 3 is 2.43 bits per heavy atom. The highest BCUT2D eigenvalue weighted by atomic mass is 35.5. The summed E-state index contributed by atoms with van der Waals surface area (Å²) in [5.74, 6) is 0. The fourth-order valence-electron chi connectivity index (χ4n) is 3.24. The first-order valence-corrected chi connectivity index (χ1v) is 9.18. The number of piperidine rings is 1. The number of hydrogen-bond donors (Lipinski definition) is 1. The van der Waals surface area contributed by atoms with Gasteiger partial charge in [-0.2, -0.15) is 18.3 Å². The summed E-state index contributed by atoms with van der Waals surface area (Å²) >= 11 is 5.80. The van der Waals surface area contributed by atoms with Crippen molar-refractivity contribution in [3.8, 4) is 5.69 Å². The Labute approximate surface area is 165 Å². The maximum Gasteiger partial charge on any atom is 0.435 e. The Morgan fingerprint density at radius 1 is 1.25 bits per heavy atom. The predicted molar refractivity (Wildman–Crippen MR) is 101 cm³/mol. The van der Waals surface area contributed by atoms with Gasteiger partial charge in [-0.05, 0) is 57.2 Å². The summed E-state index contributed by atoms with van der Waals surface area (Å²) < 4.78 is 41.8. The second-order valence-electron chi connectivity index (χ2n) is 6.87. The summed E-state index contributed by atoms with van der Waals surface area (Å²) in [7, 11) is 3.60. The van der Waals surface area contributed by atoms with Crippen molar-refractivity contribution >= 4 is 23.3 Å². The number of alkyl halides is 3. The fourth-order valence-corrected chi connectivity index (χ4v) is 3.37. The van der Waals surface area contributed by atoms with Crippen molar-refractivity contribution in [1.29, 1.82) is 0 Å². The predicted octanol–water partition coefficient (Wildman–Crippen LogP) is 4.10. The summed E-state index contributed by atoms with van der Waals surface area (Å²) in [4.78, 5) is 16.2. The average Bonchev–Trinajstić information content (AvgIpc) is 3.06. The zero-order valence-corrected chi connectivity index (χ0v) is 16.3. The Morgan fingerprint density at radius 2 is 1.86 bits per heavy atom. The van der Waals surface area contributed by atoms with Gasteiger partial charge in [-0.3, -0.25) is 0 Å². The van der Waals surface area contributed by atoms with Crippen LogP contribution in [0.25, 0.3) is 5.69 Å². The van der Waals surface area contributed by atoms with Crippen LogP contribution in [-0.4, -0.2) is 58.8 Å². The molecule has 10 heteroatoms. The van der Waals surface area contributed by atoms with Crippen LogP contribution >= 0.6 is 11.6 Å². The van der Waals surface area contributed by atoms with Crippen molar-refractivity contribution in [2.24, 2.45) is 0 Å². The van der Waals surface area contributed by atoms with Crippen molar-refractivity contribution in [1.82, 2.24) is 19.6 Å². The SMILES string of the molecule is CN1CCC(N(C)C(=O)Nc2cnn(-c3ccc(Cl)cc3)c2C(F)(F)F)CC1. The van der Waals surface area contributed by atoms with Gasteiger partial charge >= 0.3 is 12.2 Å².